The maximum atomic E-state index is 11.5. The number of hydrogen-bond acceptors (Lipinski definition) is 3. The largest absolute Gasteiger partial charge is 0.449 e. The van der Waals surface area contributed by atoms with Gasteiger partial charge in [-0.05, 0) is 19.4 Å². The Labute approximate surface area is 94.8 Å². The van der Waals surface area contributed by atoms with E-state index in [2.05, 4.69) is 17.1 Å². The third-order valence-electron chi connectivity index (χ3n) is 4.56. The molecular weight excluding hydrogens is 202 g/mol. The Kier molecular flexibility index (Phi) is 1.56. The van der Waals surface area contributed by atoms with Gasteiger partial charge in [0.05, 0.1) is 6.04 Å². The molecule has 3 atom stereocenters. The molecule has 2 bridgehead atoms. The molecule has 0 radical (unpaired) electrons. The topological polar surface area (TPSA) is 29.5 Å². The van der Waals surface area contributed by atoms with E-state index >= 15 is 0 Å². The third kappa shape index (κ3) is 0.908. The second kappa shape index (κ2) is 2.77. The lowest BCUT2D eigenvalue weighted by Crippen LogP contribution is -2.48. The maximum absolute atomic E-state index is 11.5. The van der Waals surface area contributed by atoms with Gasteiger partial charge in [0.1, 0.15) is 0 Å². The van der Waals surface area contributed by atoms with Crippen LogP contribution in [-0.2, 0) is 9.53 Å². The molecule has 0 saturated carbocycles. The number of ether oxygens (including phenoxy) is 1. The van der Waals surface area contributed by atoms with Gasteiger partial charge in [-0.25, -0.2) is 4.79 Å². The molecule has 0 N–H and O–H groups in total. The molecule has 4 rings (SSSR count). The fraction of sp³-hybridized carbons (Fsp3) is 0.615. The molecule has 3 aliphatic heterocycles. The van der Waals surface area contributed by atoms with Gasteiger partial charge in [-0.3, -0.25) is 4.90 Å². The van der Waals surface area contributed by atoms with Crippen LogP contribution in [0, 0.1) is 0 Å². The van der Waals surface area contributed by atoms with Crippen molar-refractivity contribution in [3.8, 4) is 0 Å². The lowest BCUT2D eigenvalue weighted by Gasteiger charge is -2.37. The molecule has 1 spiro atoms. The zero-order valence-corrected chi connectivity index (χ0v) is 9.19. The summed E-state index contributed by atoms with van der Waals surface area (Å²) < 4.78 is 5.69. The van der Waals surface area contributed by atoms with Crippen molar-refractivity contribution in [3.63, 3.8) is 0 Å². The standard InChI is InChI=1S/C13H15NO2/c15-12-7-9-4-5-10-8-13(9,16-12)11-3-1-2-6-14(10)11/h4-5,7,10-11H,1-3,6,8H2/t10?,11-,13?/m1/s1. The van der Waals surface area contributed by atoms with Gasteiger partial charge in [0.25, 0.3) is 0 Å². The second-order valence-corrected chi connectivity index (χ2v) is 5.29. The van der Waals surface area contributed by atoms with Gasteiger partial charge in [0.2, 0.25) is 0 Å². The molecule has 0 aromatic carbocycles. The van der Waals surface area contributed by atoms with Crippen molar-refractivity contribution in [1.29, 1.82) is 0 Å². The van der Waals surface area contributed by atoms with Crippen LogP contribution in [0.5, 0.6) is 0 Å². The SMILES string of the molecule is O=C1C=C2C=CC3CC2(O1)[C@H]1CCCCN31. The van der Waals surface area contributed by atoms with Crippen LogP contribution in [0.1, 0.15) is 25.7 Å². The fourth-order valence-electron chi connectivity index (χ4n) is 3.94. The van der Waals surface area contributed by atoms with Crippen molar-refractivity contribution in [2.75, 3.05) is 6.54 Å². The van der Waals surface area contributed by atoms with E-state index in [-0.39, 0.29) is 11.6 Å². The molecular formula is C13H15NO2. The smallest absolute Gasteiger partial charge is 0.332 e. The van der Waals surface area contributed by atoms with Crippen LogP contribution < -0.4 is 0 Å². The summed E-state index contributed by atoms with van der Waals surface area (Å²) in [5.41, 5.74) is 0.833. The summed E-state index contributed by atoms with van der Waals surface area (Å²) in [6.07, 6.45) is 10.7. The first-order valence-corrected chi connectivity index (χ1v) is 6.19. The zero-order valence-electron chi connectivity index (χ0n) is 9.19. The van der Waals surface area contributed by atoms with Gasteiger partial charge in [-0.1, -0.05) is 18.6 Å². The van der Waals surface area contributed by atoms with Crippen molar-refractivity contribution in [1.82, 2.24) is 4.90 Å². The van der Waals surface area contributed by atoms with Crippen LogP contribution in [0.3, 0.4) is 0 Å². The molecule has 3 nitrogen and oxygen atoms in total. The fourth-order valence-corrected chi connectivity index (χ4v) is 3.94. The second-order valence-electron chi connectivity index (χ2n) is 5.29. The first-order chi connectivity index (χ1) is 7.79. The van der Waals surface area contributed by atoms with E-state index in [4.69, 9.17) is 4.74 Å². The Morgan fingerprint density at radius 3 is 3.31 bits per heavy atom. The first-order valence-electron chi connectivity index (χ1n) is 6.19. The van der Waals surface area contributed by atoms with Gasteiger partial charge in [-0.15, -0.1) is 0 Å². The number of carbonyl (C=O) groups is 1. The summed E-state index contributed by atoms with van der Waals surface area (Å²) in [4.78, 5) is 14.1. The number of piperidine rings is 1. The third-order valence-corrected chi connectivity index (χ3v) is 4.56. The van der Waals surface area contributed by atoms with Crippen LogP contribution >= 0.6 is 0 Å². The lowest BCUT2D eigenvalue weighted by molar-refractivity contribution is -0.148. The predicted octanol–water partition coefficient (Wildman–Crippen LogP) is 1.41. The summed E-state index contributed by atoms with van der Waals surface area (Å²) in [7, 11) is 0. The average Bonchev–Trinajstić information content (AvgIpc) is 2.76. The van der Waals surface area contributed by atoms with E-state index in [9.17, 15) is 4.79 Å². The highest BCUT2D eigenvalue weighted by Gasteiger charge is 2.59. The van der Waals surface area contributed by atoms with Crippen LogP contribution in [0.2, 0.25) is 0 Å². The summed E-state index contributed by atoms with van der Waals surface area (Å²) >= 11 is 0. The molecule has 0 amide bonds. The molecule has 1 aliphatic carbocycles. The molecule has 2 unspecified atom stereocenters. The Bertz CT molecular complexity index is 426. The van der Waals surface area contributed by atoms with Crippen molar-refractivity contribution < 1.29 is 9.53 Å². The highest BCUT2D eigenvalue weighted by molar-refractivity contribution is 5.88. The van der Waals surface area contributed by atoms with E-state index in [1.807, 2.05) is 0 Å². The molecule has 3 heteroatoms. The molecule has 84 valence electrons. The van der Waals surface area contributed by atoms with Gasteiger partial charge in [0.15, 0.2) is 5.60 Å². The summed E-state index contributed by atoms with van der Waals surface area (Å²) in [5.74, 6) is -0.146. The number of nitrogens with zero attached hydrogens (tertiary/aromatic N) is 1. The average molecular weight is 217 g/mol. The Hall–Kier alpha value is -1.09. The monoisotopic (exact) mass is 217 g/mol. The van der Waals surface area contributed by atoms with Crippen molar-refractivity contribution in [2.45, 2.75) is 43.4 Å². The van der Waals surface area contributed by atoms with Gasteiger partial charge in [0, 0.05) is 24.1 Å². The predicted molar refractivity (Wildman–Crippen MR) is 58.8 cm³/mol. The van der Waals surface area contributed by atoms with E-state index in [1.54, 1.807) is 6.08 Å². The molecule has 2 fully saturated rings. The molecule has 16 heavy (non-hydrogen) atoms. The van der Waals surface area contributed by atoms with Crippen molar-refractivity contribution in [2.24, 2.45) is 0 Å². The van der Waals surface area contributed by atoms with Gasteiger partial charge >= 0.3 is 5.97 Å². The maximum Gasteiger partial charge on any atom is 0.332 e. The van der Waals surface area contributed by atoms with Crippen LogP contribution in [0.4, 0.5) is 0 Å². The number of esters is 1. The molecule has 3 heterocycles. The Morgan fingerprint density at radius 2 is 2.38 bits per heavy atom. The highest BCUT2D eigenvalue weighted by Crippen LogP contribution is 2.51. The lowest BCUT2D eigenvalue weighted by atomic mass is 9.80. The molecule has 2 saturated heterocycles. The normalized spacial score (nSPS) is 45.0. The zero-order chi connectivity index (χ0) is 10.8. The van der Waals surface area contributed by atoms with Crippen molar-refractivity contribution >= 4 is 5.97 Å². The minimum Gasteiger partial charge on any atom is -0.449 e. The number of fused-ring (bicyclic) bond motifs is 3. The molecule has 0 aromatic rings. The number of rotatable bonds is 0. The number of carbonyl (C=O) groups excluding carboxylic acids is 1. The van der Waals surface area contributed by atoms with Gasteiger partial charge in [-0.2, -0.15) is 0 Å². The van der Waals surface area contributed by atoms with E-state index in [1.165, 1.54) is 19.3 Å². The van der Waals surface area contributed by atoms with E-state index in [0.717, 1.165) is 18.5 Å². The summed E-state index contributed by atoms with van der Waals surface area (Å²) in [6.45, 7) is 1.16. The summed E-state index contributed by atoms with van der Waals surface area (Å²) in [5, 5.41) is 0. The van der Waals surface area contributed by atoms with E-state index in [0.29, 0.717) is 12.1 Å². The first kappa shape index (κ1) is 8.99. The van der Waals surface area contributed by atoms with Crippen LogP contribution in [0.25, 0.3) is 0 Å². The highest BCUT2D eigenvalue weighted by atomic mass is 16.6. The van der Waals surface area contributed by atoms with E-state index < -0.39 is 0 Å². The van der Waals surface area contributed by atoms with Crippen LogP contribution in [0.15, 0.2) is 23.8 Å². The number of hydrogen-bond donors (Lipinski definition) is 0. The van der Waals surface area contributed by atoms with Crippen LogP contribution in [-0.4, -0.2) is 35.1 Å². The Morgan fingerprint density at radius 1 is 1.44 bits per heavy atom. The quantitative estimate of drug-likeness (QED) is 0.574. The summed E-state index contributed by atoms with van der Waals surface area (Å²) in [6, 6.07) is 0.923. The van der Waals surface area contributed by atoms with Gasteiger partial charge < -0.3 is 4.74 Å². The van der Waals surface area contributed by atoms with Crippen molar-refractivity contribution in [3.05, 3.63) is 23.8 Å². The molecule has 4 aliphatic rings. The Balaban J connectivity index is 1.84. The minimum atomic E-state index is -0.281. The molecule has 0 aromatic heterocycles. The minimum absolute atomic E-state index is 0.146.